The molecule has 0 bridgehead atoms. The first-order chi connectivity index (χ1) is 22.2. The van der Waals surface area contributed by atoms with Crippen LogP contribution in [0.3, 0.4) is 0 Å². The van der Waals surface area contributed by atoms with E-state index in [9.17, 15) is 8.42 Å². The molecular formula is C38H32N2O4S2. The first-order valence-electron chi connectivity index (χ1n) is 15.0. The molecule has 6 nitrogen and oxygen atoms in total. The molecule has 0 radical (unpaired) electrons. The maximum Gasteiger partial charge on any atom is 0.265 e. The molecule has 46 heavy (non-hydrogen) atoms. The van der Waals surface area contributed by atoms with E-state index in [1.165, 1.54) is 8.61 Å². The van der Waals surface area contributed by atoms with Gasteiger partial charge in [0.1, 0.15) is 5.54 Å². The summed E-state index contributed by atoms with van der Waals surface area (Å²) in [6.45, 7) is 3.82. The number of sulfonamides is 2. The van der Waals surface area contributed by atoms with Crippen molar-refractivity contribution in [3.05, 3.63) is 180 Å². The fourth-order valence-electron chi connectivity index (χ4n) is 6.66. The maximum absolute atomic E-state index is 15.4. The quantitative estimate of drug-likeness (QED) is 0.192. The lowest BCUT2D eigenvalue weighted by Gasteiger charge is -2.46. The minimum absolute atomic E-state index is 0.0953. The summed E-state index contributed by atoms with van der Waals surface area (Å²) >= 11 is 0. The summed E-state index contributed by atoms with van der Waals surface area (Å²) in [4.78, 5) is 0.209. The van der Waals surface area contributed by atoms with E-state index in [4.69, 9.17) is 0 Å². The van der Waals surface area contributed by atoms with Crippen LogP contribution in [0.4, 0.5) is 11.4 Å². The van der Waals surface area contributed by atoms with Crippen LogP contribution in [0, 0.1) is 13.8 Å². The second-order valence-electron chi connectivity index (χ2n) is 11.5. The maximum atomic E-state index is 15.4. The van der Waals surface area contributed by atoms with Gasteiger partial charge in [0, 0.05) is 0 Å². The van der Waals surface area contributed by atoms with Crippen molar-refractivity contribution in [2.24, 2.45) is 0 Å². The Morgan fingerprint density at radius 1 is 0.565 bits per heavy atom. The number of aryl methyl sites for hydroxylation is 2. The third-order valence-corrected chi connectivity index (χ3v) is 12.5. The minimum Gasteiger partial charge on any atom is -0.253 e. The Balaban J connectivity index is 1.71. The Morgan fingerprint density at radius 2 is 1.00 bits per heavy atom. The molecule has 0 saturated carbocycles. The van der Waals surface area contributed by atoms with Crippen LogP contribution in [0.25, 0.3) is 0 Å². The highest BCUT2D eigenvalue weighted by atomic mass is 32.2. The van der Waals surface area contributed by atoms with E-state index in [2.05, 4.69) is 0 Å². The zero-order valence-electron chi connectivity index (χ0n) is 25.4. The van der Waals surface area contributed by atoms with Gasteiger partial charge < -0.3 is 0 Å². The number of fused-ring (bicyclic) bond motifs is 2. The van der Waals surface area contributed by atoms with Crippen LogP contribution in [0.2, 0.25) is 0 Å². The predicted octanol–water partition coefficient (Wildman–Crippen LogP) is 7.52. The van der Waals surface area contributed by atoms with Gasteiger partial charge in [0.2, 0.25) is 0 Å². The van der Waals surface area contributed by atoms with Crippen LogP contribution in [-0.2, 0) is 25.6 Å². The molecule has 1 unspecified atom stereocenters. The summed E-state index contributed by atoms with van der Waals surface area (Å²) in [5.41, 5.74) is 2.69. The van der Waals surface area contributed by atoms with Gasteiger partial charge in [-0.2, -0.15) is 0 Å². The van der Waals surface area contributed by atoms with Crippen molar-refractivity contribution < 1.29 is 16.8 Å². The number of allylic oxidation sites excluding steroid dienone is 2. The van der Waals surface area contributed by atoms with Crippen molar-refractivity contribution in [3.63, 3.8) is 0 Å². The Labute approximate surface area is 270 Å². The molecule has 5 aromatic carbocycles. The average Bonchev–Trinajstić information content (AvgIpc) is 3.52. The van der Waals surface area contributed by atoms with Gasteiger partial charge in [-0.25, -0.2) is 21.1 Å². The molecule has 0 saturated heterocycles. The van der Waals surface area contributed by atoms with Gasteiger partial charge in [-0.3, -0.25) is 4.31 Å². The molecule has 0 aromatic heterocycles. The van der Waals surface area contributed by atoms with Gasteiger partial charge in [0.05, 0.1) is 27.2 Å². The van der Waals surface area contributed by atoms with Crippen molar-refractivity contribution in [1.29, 1.82) is 0 Å². The van der Waals surface area contributed by atoms with Crippen LogP contribution in [0.5, 0.6) is 0 Å². The molecule has 0 fully saturated rings. The van der Waals surface area contributed by atoms with Crippen molar-refractivity contribution >= 4 is 31.4 Å². The fourth-order valence-corrected chi connectivity index (χ4v) is 10.1. The SMILES string of the molecule is Cc1cc2c(cc1C)N(S(=O)(=O)c1ccccc1)C(c1ccccc1)(c1ccccc1)C1=CC=CC1N2S(=O)(=O)c1ccccc1. The minimum atomic E-state index is -4.36. The molecule has 1 aliphatic carbocycles. The number of hydrogen-bond donors (Lipinski definition) is 0. The Morgan fingerprint density at radius 3 is 1.50 bits per heavy atom. The van der Waals surface area contributed by atoms with Crippen LogP contribution in [0.1, 0.15) is 22.3 Å². The standard InChI is InChI=1S/C38H32N2O4S2/c1-28-26-36-37(27-29(28)2)40(46(43,44)33-22-13-6-14-23-33)38(30-16-7-3-8-17-30,31-18-9-4-10-19-31)34-24-15-25-35(34)39(36)45(41,42)32-20-11-5-12-21-32/h3-27,35H,1-2H3. The van der Waals surface area contributed by atoms with Crippen molar-refractivity contribution in [3.8, 4) is 0 Å². The second-order valence-corrected chi connectivity index (χ2v) is 15.1. The Kier molecular flexibility index (Phi) is 7.22. The molecule has 0 N–H and O–H groups in total. The van der Waals surface area contributed by atoms with Crippen molar-refractivity contribution in [1.82, 2.24) is 0 Å². The topological polar surface area (TPSA) is 74.8 Å². The number of hydrogen-bond acceptors (Lipinski definition) is 4. The second kappa shape index (κ2) is 11.2. The highest BCUT2D eigenvalue weighted by molar-refractivity contribution is 7.93. The number of rotatable bonds is 6. The van der Waals surface area contributed by atoms with Crippen LogP contribution in [0.15, 0.2) is 167 Å². The largest absolute Gasteiger partial charge is 0.265 e. The lowest BCUT2D eigenvalue weighted by Crippen LogP contribution is -2.53. The van der Waals surface area contributed by atoms with Gasteiger partial charge in [-0.05, 0) is 78.1 Å². The summed E-state index contributed by atoms with van der Waals surface area (Å²) in [7, 11) is -8.57. The third kappa shape index (κ3) is 4.43. The summed E-state index contributed by atoms with van der Waals surface area (Å²) in [6, 6.07) is 38.4. The van der Waals surface area contributed by atoms with Gasteiger partial charge >= 0.3 is 0 Å². The first-order valence-corrected chi connectivity index (χ1v) is 17.9. The van der Waals surface area contributed by atoms with E-state index in [1.807, 2.05) is 98.8 Å². The van der Waals surface area contributed by atoms with E-state index in [0.29, 0.717) is 16.7 Å². The third-order valence-electron chi connectivity index (χ3n) is 8.87. The van der Waals surface area contributed by atoms with Gasteiger partial charge in [-0.1, -0.05) is 115 Å². The number of anilines is 2. The van der Waals surface area contributed by atoms with E-state index in [-0.39, 0.29) is 21.2 Å². The molecule has 1 heterocycles. The molecule has 8 heteroatoms. The monoisotopic (exact) mass is 644 g/mol. The molecule has 230 valence electrons. The predicted molar refractivity (Wildman–Crippen MR) is 183 cm³/mol. The zero-order chi connectivity index (χ0) is 32.1. The molecule has 1 aliphatic heterocycles. The Hall–Kier alpha value is -4.92. The van der Waals surface area contributed by atoms with E-state index < -0.39 is 31.6 Å². The van der Waals surface area contributed by atoms with Gasteiger partial charge in [0.15, 0.2) is 0 Å². The summed E-state index contributed by atoms with van der Waals surface area (Å²) in [5.74, 6) is 0. The summed E-state index contributed by atoms with van der Waals surface area (Å²) in [5, 5.41) is 0. The lowest BCUT2D eigenvalue weighted by molar-refractivity contribution is 0.550. The highest BCUT2D eigenvalue weighted by Gasteiger charge is 2.57. The number of benzene rings is 5. The fraction of sp³-hybridized carbons (Fsp3) is 0.105. The average molecular weight is 645 g/mol. The first kappa shape index (κ1) is 29.8. The van der Waals surface area contributed by atoms with Crippen LogP contribution in [-0.4, -0.2) is 22.9 Å². The Bertz CT molecular complexity index is 2160. The molecule has 0 spiro atoms. The van der Waals surface area contributed by atoms with Gasteiger partial charge in [-0.15, -0.1) is 0 Å². The van der Waals surface area contributed by atoms with Crippen molar-refractivity contribution in [2.45, 2.75) is 35.2 Å². The highest BCUT2D eigenvalue weighted by Crippen LogP contribution is 2.56. The molecule has 7 rings (SSSR count). The normalized spacial score (nSPS) is 17.2. The van der Waals surface area contributed by atoms with Crippen LogP contribution >= 0.6 is 0 Å². The smallest absolute Gasteiger partial charge is 0.253 e. The number of nitrogens with zero attached hydrogens (tertiary/aromatic N) is 2. The summed E-state index contributed by atoms with van der Waals surface area (Å²) < 4.78 is 63.3. The molecule has 5 aromatic rings. The summed E-state index contributed by atoms with van der Waals surface area (Å²) in [6.07, 6.45) is 5.54. The molecule has 2 aliphatic rings. The zero-order valence-corrected chi connectivity index (χ0v) is 27.0. The molecular weight excluding hydrogens is 613 g/mol. The molecule has 0 amide bonds. The van der Waals surface area contributed by atoms with E-state index in [1.54, 1.807) is 66.7 Å². The molecule has 1 atom stereocenters. The van der Waals surface area contributed by atoms with Crippen molar-refractivity contribution in [2.75, 3.05) is 8.61 Å². The van der Waals surface area contributed by atoms with E-state index >= 15 is 8.42 Å². The van der Waals surface area contributed by atoms with Crippen LogP contribution < -0.4 is 8.61 Å². The lowest BCUT2D eigenvalue weighted by atomic mass is 9.74. The van der Waals surface area contributed by atoms with E-state index in [0.717, 1.165) is 11.1 Å². The van der Waals surface area contributed by atoms with Gasteiger partial charge in [0.25, 0.3) is 20.0 Å².